The van der Waals surface area contributed by atoms with Crippen LogP contribution in [0.4, 0.5) is 0 Å². The molecule has 0 aromatic rings. The molecule has 218 valence electrons. The molecular weight excluding hydrogens is 492 g/mol. The van der Waals surface area contributed by atoms with E-state index in [0.29, 0.717) is 23.9 Å². The molecule has 0 radical (unpaired) electrons. The number of rotatable bonds is 10. The summed E-state index contributed by atoms with van der Waals surface area (Å²) in [7, 11) is 0. The Kier molecular flexibility index (Phi) is 11.3. The van der Waals surface area contributed by atoms with Gasteiger partial charge in [-0.05, 0) is 118 Å². The predicted octanol–water partition coefficient (Wildman–Crippen LogP) is 8.52. The Morgan fingerprint density at radius 2 is 1.95 bits per heavy atom. The summed E-state index contributed by atoms with van der Waals surface area (Å²) in [6.45, 7) is 13.3. The zero-order valence-corrected chi connectivity index (χ0v) is 25.4. The summed E-state index contributed by atoms with van der Waals surface area (Å²) in [5.41, 5.74) is 7.39. The van der Waals surface area contributed by atoms with Crippen LogP contribution >= 0.6 is 0 Å². The quantitative estimate of drug-likeness (QED) is 0.271. The summed E-state index contributed by atoms with van der Waals surface area (Å²) in [6, 6.07) is 0.889. The van der Waals surface area contributed by atoms with Gasteiger partial charge in [0.25, 0.3) is 0 Å². The lowest BCUT2D eigenvalue weighted by atomic mass is 9.77. The zero-order chi connectivity index (χ0) is 28.5. The predicted molar refractivity (Wildman–Crippen MR) is 168 cm³/mol. The molecule has 0 saturated carbocycles. The van der Waals surface area contributed by atoms with Crippen LogP contribution in [-0.4, -0.2) is 24.2 Å². The van der Waals surface area contributed by atoms with E-state index in [1.54, 1.807) is 0 Å². The van der Waals surface area contributed by atoms with Gasteiger partial charge in [-0.15, -0.1) is 0 Å². The molecule has 0 bridgehead atoms. The van der Waals surface area contributed by atoms with Crippen molar-refractivity contribution in [2.24, 2.45) is 11.8 Å². The lowest BCUT2D eigenvalue weighted by Gasteiger charge is -2.33. The first-order valence-corrected chi connectivity index (χ1v) is 16.1. The molecule has 4 nitrogen and oxygen atoms in total. The summed E-state index contributed by atoms with van der Waals surface area (Å²) in [4.78, 5) is 13.0. The Balaban J connectivity index is 1.59. The maximum Gasteiger partial charge on any atom is 0.333 e. The van der Waals surface area contributed by atoms with Crippen molar-refractivity contribution in [2.75, 3.05) is 0 Å². The first-order valence-electron chi connectivity index (χ1n) is 16.1. The number of allylic oxidation sites excluding steroid dienone is 10. The van der Waals surface area contributed by atoms with Gasteiger partial charge in [-0.1, -0.05) is 64.2 Å². The van der Waals surface area contributed by atoms with E-state index in [2.05, 4.69) is 87.6 Å². The van der Waals surface area contributed by atoms with Crippen LogP contribution < -0.4 is 10.6 Å². The highest BCUT2D eigenvalue weighted by molar-refractivity contribution is 5.88. The number of hydrogen-bond donors (Lipinski definition) is 2. The second-order valence-electron chi connectivity index (χ2n) is 12.2. The summed E-state index contributed by atoms with van der Waals surface area (Å²) >= 11 is 0. The molecule has 4 heteroatoms. The smallest absolute Gasteiger partial charge is 0.333 e. The molecule has 0 aromatic heterocycles. The molecule has 40 heavy (non-hydrogen) atoms. The van der Waals surface area contributed by atoms with E-state index in [0.717, 1.165) is 69.8 Å². The van der Waals surface area contributed by atoms with Gasteiger partial charge < -0.3 is 15.4 Å². The highest BCUT2D eigenvalue weighted by atomic mass is 16.5. The van der Waals surface area contributed by atoms with E-state index in [1.165, 1.54) is 40.8 Å². The minimum Gasteiger partial charge on any atom is -0.459 e. The lowest BCUT2D eigenvalue weighted by Crippen LogP contribution is -2.44. The van der Waals surface area contributed by atoms with Crippen LogP contribution in [0, 0.1) is 11.8 Å². The monoisotopic (exact) mass is 544 g/mol. The third-order valence-corrected chi connectivity index (χ3v) is 9.16. The molecule has 0 aromatic carbocycles. The maximum absolute atomic E-state index is 13.0. The number of ether oxygens (including phenoxy) is 1. The van der Waals surface area contributed by atoms with Crippen molar-refractivity contribution in [3.8, 4) is 0 Å². The van der Waals surface area contributed by atoms with Gasteiger partial charge in [0.15, 0.2) is 0 Å². The highest BCUT2D eigenvalue weighted by Crippen LogP contribution is 2.38. The van der Waals surface area contributed by atoms with Crippen molar-refractivity contribution in [1.29, 1.82) is 0 Å². The molecule has 4 aliphatic rings. The van der Waals surface area contributed by atoms with Gasteiger partial charge in [0, 0.05) is 29.6 Å². The van der Waals surface area contributed by atoms with Gasteiger partial charge in [-0.3, -0.25) is 0 Å². The van der Waals surface area contributed by atoms with Gasteiger partial charge in [0.1, 0.15) is 6.10 Å². The molecular formula is C36H52N2O2. The molecule has 2 aliphatic carbocycles. The number of nitrogens with one attached hydrogen (secondary N) is 2. The Hall–Kier alpha value is -2.59. The van der Waals surface area contributed by atoms with Crippen LogP contribution in [0.2, 0.25) is 0 Å². The molecule has 1 saturated heterocycles. The fraction of sp³-hybridized carbons (Fsp3) is 0.583. The van der Waals surface area contributed by atoms with Gasteiger partial charge in [0.05, 0.1) is 0 Å². The lowest BCUT2D eigenvalue weighted by molar-refractivity contribution is -0.145. The Morgan fingerprint density at radius 1 is 1.10 bits per heavy atom. The highest BCUT2D eigenvalue weighted by Gasteiger charge is 2.28. The Labute approximate surface area is 243 Å². The number of piperidine rings is 1. The van der Waals surface area contributed by atoms with Crippen LogP contribution in [0.5, 0.6) is 0 Å². The van der Waals surface area contributed by atoms with Gasteiger partial charge in [-0.2, -0.15) is 0 Å². The molecule has 2 heterocycles. The first-order chi connectivity index (χ1) is 19.4. The SMILES string of the molecule is C=C1CCC(C2=C(C3CCCC(C)N3)NC=CC=C2)=C/C1=C/C(CC)C1C=C(C(=O)O[C@H](CC)CCC)CCC1. The van der Waals surface area contributed by atoms with Crippen molar-refractivity contribution in [1.82, 2.24) is 10.6 Å². The number of carbonyl (C=O) groups is 1. The number of carbonyl (C=O) groups excluding carboxylic acids is 1. The van der Waals surface area contributed by atoms with E-state index in [9.17, 15) is 4.79 Å². The van der Waals surface area contributed by atoms with Gasteiger partial charge in [0.2, 0.25) is 0 Å². The second kappa shape index (κ2) is 14.9. The molecule has 4 unspecified atom stereocenters. The van der Waals surface area contributed by atoms with Crippen LogP contribution in [-0.2, 0) is 9.53 Å². The van der Waals surface area contributed by atoms with E-state index in [-0.39, 0.29) is 12.1 Å². The molecule has 5 atom stereocenters. The first kappa shape index (κ1) is 30.4. The molecule has 0 amide bonds. The average molecular weight is 545 g/mol. The third kappa shape index (κ3) is 7.78. The summed E-state index contributed by atoms with van der Waals surface area (Å²) < 4.78 is 5.89. The minimum atomic E-state index is -0.0943. The van der Waals surface area contributed by atoms with Crippen LogP contribution in [0.25, 0.3) is 0 Å². The molecule has 4 rings (SSSR count). The number of hydrogen-bond acceptors (Lipinski definition) is 4. The Bertz CT molecular complexity index is 1100. The van der Waals surface area contributed by atoms with E-state index < -0.39 is 0 Å². The zero-order valence-electron chi connectivity index (χ0n) is 25.4. The normalized spacial score (nSPS) is 27.9. The third-order valence-electron chi connectivity index (χ3n) is 9.16. The summed E-state index contributed by atoms with van der Waals surface area (Å²) in [6.07, 6.45) is 28.3. The van der Waals surface area contributed by atoms with Crippen molar-refractivity contribution >= 4 is 5.97 Å². The van der Waals surface area contributed by atoms with Crippen LogP contribution in [0.1, 0.15) is 105 Å². The largest absolute Gasteiger partial charge is 0.459 e. The summed E-state index contributed by atoms with van der Waals surface area (Å²) in [5.74, 6) is 0.642. The topological polar surface area (TPSA) is 50.4 Å². The van der Waals surface area contributed by atoms with E-state index >= 15 is 0 Å². The van der Waals surface area contributed by atoms with Gasteiger partial charge in [-0.25, -0.2) is 4.79 Å². The van der Waals surface area contributed by atoms with Crippen LogP contribution in [0.3, 0.4) is 0 Å². The van der Waals surface area contributed by atoms with Gasteiger partial charge >= 0.3 is 5.97 Å². The molecule has 2 N–H and O–H groups in total. The van der Waals surface area contributed by atoms with Crippen molar-refractivity contribution < 1.29 is 9.53 Å². The maximum atomic E-state index is 13.0. The Morgan fingerprint density at radius 3 is 2.70 bits per heavy atom. The van der Waals surface area contributed by atoms with Crippen molar-refractivity contribution in [3.05, 3.63) is 82.8 Å². The molecule has 0 spiro atoms. The van der Waals surface area contributed by atoms with E-state index in [1.807, 2.05) is 0 Å². The fourth-order valence-corrected chi connectivity index (χ4v) is 6.75. The fourth-order valence-electron chi connectivity index (χ4n) is 6.75. The minimum absolute atomic E-state index is 0.0333. The molecule has 2 aliphatic heterocycles. The number of esters is 1. The van der Waals surface area contributed by atoms with Crippen molar-refractivity contribution in [2.45, 2.75) is 123 Å². The van der Waals surface area contributed by atoms with E-state index in [4.69, 9.17) is 4.74 Å². The van der Waals surface area contributed by atoms with Crippen LogP contribution in [0.15, 0.2) is 82.8 Å². The van der Waals surface area contributed by atoms with Crippen molar-refractivity contribution in [3.63, 3.8) is 0 Å². The second-order valence-corrected chi connectivity index (χ2v) is 12.2. The summed E-state index contributed by atoms with van der Waals surface area (Å²) in [5, 5.41) is 7.46. The molecule has 1 fully saturated rings. The average Bonchev–Trinajstić information content (AvgIpc) is 3.23. The standard InChI is InChI=1S/C36H52N2O2/c1-6-13-32(8-3)40-36(39)30-16-12-15-28(23-30)27(7-2)22-31-24-29(20-19-25(31)4)33-17-9-10-21-37-35(33)34-18-11-14-26(5)38-34/h9-10,17,21-24,26-28,32,34,37-38H,4,6-8,11-16,18-20H2,1-3,5H3/b31-22-/t26?,27?,28?,32-,34?/m1/s1.